The standard InChI is InChI=1S/C11H11N3O5/c15-10(7-5-13(6-7)11(16)17)12-8-2-1-3-9(4-8)14(18)19/h1-4,7H,5-6H2,(H,12,15)(H,16,17). The normalized spacial score (nSPS) is 14.6. The number of rotatable bonds is 3. The molecule has 0 aromatic heterocycles. The Bertz CT molecular complexity index is 539. The number of likely N-dealkylation sites (tertiary alicyclic amines) is 1. The number of nitro groups is 1. The largest absolute Gasteiger partial charge is 0.465 e. The van der Waals surface area contributed by atoms with Crippen molar-refractivity contribution >= 4 is 23.4 Å². The van der Waals surface area contributed by atoms with Crippen LogP contribution >= 0.6 is 0 Å². The number of hydrogen-bond acceptors (Lipinski definition) is 4. The van der Waals surface area contributed by atoms with Crippen molar-refractivity contribution in [1.29, 1.82) is 0 Å². The third-order valence-corrected chi connectivity index (χ3v) is 2.85. The highest BCUT2D eigenvalue weighted by Crippen LogP contribution is 2.20. The number of nitrogens with one attached hydrogen (secondary N) is 1. The Morgan fingerprint density at radius 2 is 2.11 bits per heavy atom. The van der Waals surface area contributed by atoms with Crippen LogP contribution in [-0.2, 0) is 4.79 Å². The van der Waals surface area contributed by atoms with Crippen molar-refractivity contribution < 1.29 is 19.6 Å². The first-order valence-corrected chi connectivity index (χ1v) is 5.50. The van der Waals surface area contributed by atoms with Gasteiger partial charge >= 0.3 is 6.09 Å². The Kier molecular flexibility index (Phi) is 3.32. The number of anilines is 1. The molecule has 0 saturated carbocycles. The minimum Gasteiger partial charge on any atom is -0.465 e. The van der Waals surface area contributed by atoms with E-state index < -0.39 is 16.9 Å². The van der Waals surface area contributed by atoms with E-state index in [2.05, 4.69) is 5.32 Å². The first-order valence-electron chi connectivity index (χ1n) is 5.50. The average Bonchev–Trinajstić information content (AvgIpc) is 2.26. The highest BCUT2D eigenvalue weighted by atomic mass is 16.6. The first kappa shape index (κ1) is 12.8. The van der Waals surface area contributed by atoms with Gasteiger partial charge in [-0.2, -0.15) is 0 Å². The number of non-ortho nitro benzene ring substituents is 1. The van der Waals surface area contributed by atoms with Gasteiger partial charge < -0.3 is 15.3 Å². The van der Waals surface area contributed by atoms with Gasteiger partial charge in [0, 0.05) is 30.9 Å². The van der Waals surface area contributed by atoms with Gasteiger partial charge in [0.2, 0.25) is 5.91 Å². The lowest BCUT2D eigenvalue weighted by atomic mass is 10.00. The van der Waals surface area contributed by atoms with Crippen molar-refractivity contribution in [3.63, 3.8) is 0 Å². The minimum absolute atomic E-state index is 0.112. The molecule has 0 spiro atoms. The van der Waals surface area contributed by atoms with Crippen LogP contribution < -0.4 is 5.32 Å². The summed E-state index contributed by atoms with van der Waals surface area (Å²) in [5.74, 6) is -0.742. The van der Waals surface area contributed by atoms with Crippen LogP contribution in [0.2, 0.25) is 0 Å². The summed E-state index contributed by atoms with van der Waals surface area (Å²) in [5.41, 5.74) is 0.214. The predicted molar refractivity (Wildman–Crippen MR) is 64.8 cm³/mol. The van der Waals surface area contributed by atoms with Crippen LogP contribution in [0.5, 0.6) is 0 Å². The van der Waals surface area contributed by atoms with Crippen molar-refractivity contribution in [1.82, 2.24) is 4.90 Å². The van der Waals surface area contributed by atoms with Crippen molar-refractivity contribution in [2.45, 2.75) is 0 Å². The van der Waals surface area contributed by atoms with Gasteiger partial charge in [-0.05, 0) is 6.07 Å². The quantitative estimate of drug-likeness (QED) is 0.628. The molecular weight excluding hydrogens is 254 g/mol. The summed E-state index contributed by atoms with van der Waals surface area (Å²) in [5, 5.41) is 21.8. The van der Waals surface area contributed by atoms with Gasteiger partial charge in [0.05, 0.1) is 10.8 Å². The van der Waals surface area contributed by atoms with E-state index in [4.69, 9.17) is 5.11 Å². The second-order valence-corrected chi connectivity index (χ2v) is 4.18. The van der Waals surface area contributed by atoms with E-state index in [0.29, 0.717) is 5.69 Å². The van der Waals surface area contributed by atoms with Gasteiger partial charge in [0.1, 0.15) is 0 Å². The molecule has 0 unspecified atom stereocenters. The molecule has 0 radical (unpaired) electrons. The molecule has 8 heteroatoms. The number of nitrogens with zero attached hydrogens (tertiary/aromatic N) is 2. The monoisotopic (exact) mass is 265 g/mol. The van der Waals surface area contributed by atoms with Gasteiger partial charge in [-0.1, -0.05) is 6.07 Å². The van der Waals surface area contributed by atoms with E-state index in [1.807, 2.05) is 0 Å². The number of carbonyl (C=O) groups is 2. The zero-order valence-electron chi connectivity index (χ0n) is 9.78. The van der Waals surface area contributed by atoms with Crippen LogP contribution in [0.15, 0.2) is 24.3 Å². The number of carboxylic acid groups (broad SMARTS) is 1. The Balaban J connectivity index is 1.95. The maximum Gasteiger partial charge on any atom is 0.407 e. The molecule has 2 amide bonds. The third kappa shape index (κ3) is 2.79. The van der Waals surface area contributed by atoms with Gasteiger partial charge in [-0.3, -0.25) is 14.9 Å². The van der Waals surface area contributed by atoms with Crippen LogP contribution in [0.3, 0.4) is 0 Å². The zero-order valence-corrected chi connectivity index (χ0v) is 9.78. The van der Waals surface area contributed by atoms with E-state index in [0.717, 1.165) is 4.90 Å². The fourth-order valence-electron chi connectivity index (χ4n) is 1.74. The molecule has 1 fully saturated rings. The molecular formula is C11H11N3O5. The lowest BCUT2D eigenvalue weighted by molar-refractivity contribution is -0.384. The summed E-state index contributed by atoms with van der Waals surface area (Å²) in [6.07, 6.45) is -1.06. The van der Waals surface area contributed by atoms with Crippen molar-refractivity contribution in [2.24, 2.45) is 5.92 Å². The van der Waals surface area contributed by atoms with Crippen molar-refractivity contribution in [3.05, 3.63) is 34.4 Å². The lowest BCUT2D eigenvalue weighted by Gasteiger charge is -2.35. The lowest BCUT2D eigenvalue weighted by Crippen LogP contribution is -2.53. The predicted octanol–water partition coefficient (Wildman–Crippen LogP) is 1.14. The molecule has 19 heavy (non-hydrogen) atoms. The topological polar surface area (TPSA) is 113 Å². The summed E-state index contributed by atoms with van der Waals surface area (Å²) >= 11 is 0. The first-order chi connectivity index (χ1) is 8.97. The third-order valence-electron chi connectivity index (χ3n) is 2.85. The van der Waals surface area contributed by atoms with Gasteiger partial charge in [0.25, 0.3) is 5.69 Å². The van der Waals surface area contributed by atoms with E-state index >= 15 is 0 Å². The van der Waals surface area contributed by atoms with Gasteiger partial charge in [0.15, 0.2) is 0 Å². The molecule has 1 aromatic rings. The van der Waals surface area contributed by atoms with Gasteiger partial charge in [-0.15, -0.1) is 0 Å². The van der Waals surface area contributed by atoms with Crippen LogP contribution in [0, 0.1) is 16.0 Å². The van der Waals surface area contributed by atoms with Crippen LogP contribution in [-0.4, -0.2) is 40.0 Å². The smallest absolute Gasteiger partial charge is 0.407 e. The van der Waals surface area contributed by atoms with Gasteiger partial charge in [-0.25, -0.2) is 4.79 Å². The molecule has 2 N–H and O–H groups in total. The van der Waals surface area contributed by atoms with Crippen LogP contribution in [0.4, 0.5) is 16.2 Å². The summed E-state index contributed by atoms with van der Waals surface area (Å²) in [4.78, 5) is 33.4. The molecule has 8 nitrogen and oxygen atoms in total. The second-order valence-electron chi connectivity index (χ2n) is 4.18. The number of benzene rings is 1. The molecule has 0 bridgehead atoms. The summed E-state index contributed by atoms with van der Waals surface area (Å²) in [6.45, 7) is 0.298. The Morgan fingerprint density at radius 3 is 2.68 bits per heavy atom. The van der Waals surface area contributed by atoms with Crippen molar-refractivity contribution in [2.75, 3.05) is 18.4 Å². The molecule has 1 heterocycles. The van der Waals surface area contributed by atoms with E-state index in [1.54, 1.807) is 6.07 Å². The number of nitro benzene ring substituents is 1. The fourth-order valence-corrected chi connectivity index (χ4v) is 1.74. The molecule has 1 aliphatic rings. The average molecular weight is 265 g/mol. The summed E-state index contributed by atoms with van der Waals surface area (Å²) < 4.78 is 0. The Morgan fingerprint density at radius 1 is 1.42 bits per heavy atom. The highest BCUT2D eigenvalue weighted by Gasteiger charge is 2.35. The Labute approximate surface area is 107 Å². The number of hydrogen-bond donors (Lipinski definition) is 2. The molecule has 2 rings (SSSR count). The molecule has 0 atom stereocenters. The molecule has 1 aliphatic heterocycles. The SMILES string of the molecule is O=C(Nc1cccc([N+](=O)[O-])c1)C1CN(C(=O)O)C1. The van der Waals surface area contributed by atoms with Crippen LogP contribution in [0.1, 0.15) is 0 Å². The molecule has 100 valence electrons. The maximum atomic E-state index is 11.7. The minimum atomic E-state index is -1.06. The van der Waals surface area contributed by atoms with E-state index in [-0.39, 0.29) is 24.7 Å². The van der Waals surface area contributed by atoms with Crippen molar-refractivity contribution in [3.8, 4) is 0 Å². The number of carbonyl (C=O) groups excluding carboxylic acids is 1. The van der Waals surface area contributed by atoms with E-state index in [9.17, 15) is 19.7 Å². The second kappa shape index (κ2) is 4.92. The molecule has 1 saturated heterocycles. The summed E-state index contributed by atoms with van der Waals surface area (Å²) in [6, 6.07) is 5.59. The fraction of sp³-hybridized carbons (Fsp3) is 0.273. The molecule has 1 aromatic carbocycles. The van der Waals surface area contributed by atoms with E-state index in [1.165, 1.54) is 18.2 Å². The molecule has 0 aliphatic carbocycles. The maximum absolute atomic E-state index is 11.7. The number of amides is 2. The summed E-state index contributed by atoms with van der Waals surface area (Å²) in [7, 11) is 0. The zero-order chi connectivity index (χ0) is 14.0. The Hall–Kier alpha value is -2.64. The highest BCUT2D eigenvalue weighted by molar-refractivity contribution is 5.94. The van der Waals surface area contributed by atoms with Crippen LogP contribution in [0.25, 0.3) is 0 Å².